The number of nitrogens with zero attached hydrogens (tertiary/aromatic N) is 1. The van der Waals surface area contributed by atoms with Crippen LogP contribution in [0.4, 0.5) is 8.78 Å². The number of nitrogens with one attached hydrogen (secondary N) is 2. The van der Waals surface area contributed by atoms with Gasteiger partial charge in [-0.3, -0.25) is 0 Å². The Morgan fingerprint density at radius 1 is 1.29 bits per heavy atom. The highest BCUT2D eigenvalue weighted by molar-refractivity contribution is 14.0. The van der Waals surface area contributed by atoms with Gasteiger partial charge in [-0.05, 0) is 38.5 Å². The zero-order valence-electron chi connectivity index (χ0n) is 12.3. The van der Waals surface area contributed by atoms with Crippen molar-refractivity contribution in [3.8, 4) is 0 Å². The molecule has 0 saturated heterocycles. The van der Waals surface area contributed by atoms with Crippen LogP contribution < -0.4 is 10.6 Å². The van der Waals surface area contributed by atoms with E-state index in [1.807, 2.05) is 26.0 Å². The molecule has 6 heteroatoms. The third-order valence-electron chi connectivity index (χ3n) is 2.60. The number of hydrogen-bond acceptors (Lipinski definition) is 1. The Kier molecular flexibility index (Phi) is 10.8. The van der Waals surface area contributed by atoms with Gasteiger partial charge in [-0.15, -0.1) is 24.0 Å². The highest BCUT2D eigenvalue weighted by Gasteiger charge is 2.04. The first-order chi connectivity index (χ1) is 9.67. The lowest BCUT2D eigenvalue weighted by Crippen LogP contribution is -2.37. The fourth-order valence-corrected chi connectivity index (χ4v) is 1.61. The van der Waals surface area contributed by atoms with E-state index in [-0.39, 0.29) is 36.1 Å². The Labute approximate surface area is 141 Å². The van der Waals surface area contributed by atoms with Crippen LogP contribution >= 0.6 is 24.0 Å². The quantitative estimate of drug-likeness (QED) is 0.248. The summed E-state index contributed by atoms with van der Waals surface area (Å²) >= 11 is 0. The summed E-state index contributed by atoms with van der Waals surface area (Å²) in [6, 6.07) is 3.39. The Bertz CT molecular complexity index is 476. The van der Waals surface area contributed by atoms with E-state index in [0.717, 1.165) is 25.1 Å². The van der Waals surface area contributed by atoms with E-state index in [2.05, 4.69) is 15.6 Å². The summed E-state index contributed by atoms with van der Waals surface area (Å²) in [6.45, 7) is 5.46. The van der Waals surface area contributed by atoms with Crippen molar-refractivity contribution in [3.63, 3.8) is 0 Å². The second kappa shape index (κ2) is 11.5. The molecular weight excluding hydrogens is 387 g/mol. The van der Waals surface area contributed by atoms with E-state index < -0.39 is 11.6 Å². The molecular formula is C15H22F2IN3. The molecule has 0 atom stereocenters. The topological polar surface area (TPSA) is 36.4 Å². The van der Waals surface area contributed by atoms with Gasteiger partial charge < -0.3 is 10.6 Å². The average molecular weight is 409 g/mol. The van der Waals surface area contributed by atoms with Crippen LogP contribution in [0, 0.1) is 11.6 Å². The molecule has 0 spiro atoms. The van der Waals surface area contributed by atoms with Gasteiger partial charge >= 0.3 is 0 Å². The zero-order valence-corrected chi connectivity index (χ0v) is 14.7. The highest BCUT2D eigenvalue weighted by atomic mass is 127. The summed E-state index contributed by atoms with van der Waals surface area (Å²) in [4.78, 5) is 4.25. The minimum absolute atomic E-state index is 0. The average Bonchev–Trinajstić information content (AvgIpc) is 2.44. The third-order valence-corrected chi connectivity index (χ3v) is 2.60. The van der Waals surface area contributed by atoms with Crippen LogP contribution in [0.3, 0.4) is 0 Å². The molecule has 1 aromatic rings. The highest BCUT2D eigenvalue weighted by Crippen LogP contribution is 2.10. The second-order valence-corrected chi connectivity index (χ2v) is 4.22. The van der Waals surface area contributed by atoms with E-state index in [1.54, 1.807) is 0 Å². The first-order valence-electron chi connectivity index (χ1n) is 6.74. The minimum Gasteiger partial charge on any atom is -0.357 e. The van der Waals surface area contributed by atoms with Gasteiger partial charge in [-0.1, -0.05) is 12.2 Å². The molecule has 3 nitrogen and oxygen atoms in total. The minimum atomic E-state index is -0.456. The van der Waals surface area contributed by atoms with Gasteiger partial charge in [-0.25, -0.2) is 13.8 Å². The summed E-state index contributed by atoms with van der Waals surface area (Å²) in [5.74, 6) is -0.303. The summed E-state index contributed by atoms with van der Waals surface area (Å²) in [5.41, 5.74) is 0.246. The van der Waals surface area contributed by atoms with Crippen molar-refractivity contribution in [2.45, 2.75) is 26.8 Å². The van der Waals surface area contributed by atoms with E-state index >= 15 is 0 Å². The van der Waals surface area contributed by atoms with Gasteiger partial charge in [0, 0.05) is 18.7 Å². The second-order valence-electron chi connectivity index (χ2n) is 4.22. The predicted octanol–water partition coefficient (Wildman–Crippen LogP) is 3.60. The summed E-state index contributed by atoms with van der Waals surface area (Å²) in [7, 11) is 0. The Morgan fingerprint density at radius 2 is 2.05 bits per heavy atom. The van der Waals surface area contributed by atoms with Crippen molar-refractivity contribution in [2.75, 3.05) is 13.1 Å². The van der Waals surface area contributed by atoms with Gasteiger partial charge in [-0.2, -0.15) is 0 Å². The van der Waals surface area contributed by atoms with E-state index in [1.165, 1.54) is 6.07 Å². The third kappa shape index (κ3) is 7.99. The number of guanidine groups is 1. The molecule has 0 saturated carbocycles. The molecule has 118 valence electrons. The van der Waals surface area contributed by atoms with Crippen LogP contribution in [0.25, 0.3) is 0 Å². The number of rotatable bonds is 6. The molecule has 1 aromatic carbocycles. The van der Waals surface area contributed by atoms with Crippen LogP contribution in [0.15, 0.2) is 35.3 Å². The molecule has 1 rings (SSSR count). The maximum Gasteiger partial charge on any atom is 0.191 e. The SMILES string of the molecule is CC=CCCNC(=NCc1cc(F)ccc1F)NCC.I. The van der Waals surface area contributed by atoms with E-state index in [4.69, 9.17) is 0 Å². The molecule has 0 bridgehead atoms. The maximum atomic E-state index is 13.5. The standard InChI is InChI=1S/C15H21F2N3.HI/c1-3-5-6-9-19-15(18-4-2)20-11-12-10-13(16)7-8-14(12)17;/h3,5,7-8,10H,4,6,9,11H2,1-2H3,(H2,18,19,20);1H. The monoisotopic (exact) mass is 409 g/mol. The normalized spacial score (nSPS) is 11.3. The van der Waals surface area contributed by atoms with Crippen molar-refractivity contribution in [1.29, 1.82) is 0 Å². The van der Waals surface area contributed by atoms with Gasteiger partial charge in [0.05, 0.1) is 6.54 Å². The smallest absolute Gasteiger partial charge is 0.191 e. The van der Waals surface area contributed by atoms with Crippen molar-refractivity contribution in [3.05, 3.63) is 47.5 Å². The molecule has 0 aliphatic rings. The first kappa shape index (κ1) is 19.8. The molecule has 0 radical (unpaired) electrons. The van der Waals surface area contributed by atoms with Crippen LogP contribution in [0.5, 0.6) is 0 Å². The Hall–Kier alpha value is -1.18. The molecule has 0 aromatic heterocycles. The van der Waals surface area contributed by atoms with Crippen molar-refractivity contribution < 1.29 is 8.78 Å². The summed E-state index contributed by atoms with van der Waals surface area (Å²) < 4.78 is 26.5. The zero-order chi connectivity index (χ0) is 14.8. The number of aliphatic imine (C=N–C) groups is 1. The molecule has 0 aliphatic carbocycles. The number of allylic oxidation sites excluding steroid dienone is 1. The Balaban J connectivity index is 0.00000400. The largest absolute Gasteiger partial charge is 0.357 e. The lowest BCUT2D eigenvalue weighted by molar-refractivity contribution is 0.585. The maximum absolute atomic E-state index is 13.5. The van der Waals surface area contributed by atoms with Gasteiger partial charge in [0.15, 0.2) is 5.96 Å². The van der Waals surface area contributed by atoms with E-state index in [0.29, 0.717) is 12.5 Å². The molecule has 0 fully saturated rings. The number of hydrogen-bond donors (Lipinski definition) is 2. The van der Waals surface area contributed by atoms with Crippen LogP contribution in [0.2, 0.25) is 0 Å². The molecule has 21 heavy (non-hydrogen) atoms. The van der Waals surface area contributed by atoms with E-state index in [9.17, 15) is 8.78 Å². The molecule has 0 aliphatic heterocycles. The predicted molar refractivity (Wildman–Crippen MR) is 94.0 cm³/mol. The lowest BCUT2D eigenvalue weighted by Gasteiger charge is -2.10. The first-order valence-corrected chi connectivity index (χ1v) is 6.74. The fourth-order valence-electron chi connectivity index (χ4n) is 1.61. The molecule has 0 unspecified atom stereocenters. The van der Waals surface area contributed by atoms with Gasteiger partial charge in [0.2, 0.25) is 0 Å². The van der Waals surface area contributed by atoms with Gasteiger partial charge in [0.25, 0.3) is 0 Å². The fraction of sp³-hybridized carbons (Fsp3) is 0.400. The summed E-state index contributed by atoms with van der Waals surface area (Å²) in [5, 5.41) is 6.19. The Morgan fingerprint density at radius 3 is 2.71 bits per heavy atom. The van der Waals surface area contributed by atoms with Crippen LogP contribution in [0.1, 0.15) is 25.8 Å². The number of benzene rings is 1. The van der Waals surface area contributed by atoms with Crippen LogP contribution in [-0.4, -0.2) is 19.0 Å². The van der Waals surface area contributed by atoms with Gasteiger partial charge in [0.1, 0.15) is 11.6 Å². The lowest BCUT2D eigenvalue weighted by atomic mass is 10.2. The number of halogens is 3. The molecule has 2 N–H and O–H groups in total. The van der Waals surface area contributed by atoms with Crippen molar-refractivity contribution >= 4 is 29.9 Å². The molecule has 0 amide bonds. The summed E-state index contributed by atoms with van der Waals surface area (Å²) in [6.07, 6.45) is 4.91. The van der Waals surface area contributed by atoms with Crippen molar-refractivity contribution in [2.24, 2.45) is 4.99 Å². The molecule has 0 heterocycles. The van der Waals surface area contributed by atoms with Crippen LogP contribution in [-0.2, 0) is 6.54 Å². The van der Waals surface area contributed by atoms with Crippen molar-refractivity contribution in [1.82, 2.24) is 10.6 Å².